The van der Waals surface area contributed by atoms with Gasteiger partial charge in [0.15, 0.2) is 0 Å². The molecule has 5 nitrogen and oxygen atoms in total. The van der Waals surface area contributed by atoms with Crippen LogP contribution < -0.4 is 10.1 Å². The number of pyridine rings is 1. The molecule has 3 rings (SSSR count). The molecule has 0 unspecified atom stereocenters. The lowest BCUT2D eigenvalue weighted by molar-refractivity contribution is 0.00330. The molecule has 2 heterocycles. The van der Waals surface area contributed by atoms with Crippen LogP contribution in [0.3, 0.4) is 0 Å². The summed E-state index contributed by atoms with van der Waals surface area (Å²) in [5.41, 5.74) is 0.171. The maximum Gasteiger partial charge on any atom is 0.130 e. The second kappa shape index (κ2) is 7.15. The Balaban J connectivity index is 1.57. The van der Waals surface area contributed by atoms with Crippen molar-refractivity contribution in [3.63, 3.8) is 0 Å². The monoisotopic (exact) mass is 331 g/mol. The van der Waals surface area contributed by atoms with Gasteiger partial charge < -0.3 is 15.2 Å². The third-order valence-corrected chi connectivity index (χ3v) is 4.24. The first-order chi connectivity index (χ1) is 11.6. The molecular formula is C18H22FN3O2. The van der Waals surface area contributed by atoms with Crippen molar-refractivity contribution < 1.29 is 14.2 Å². The Hall–Kier alpha value is -2.18. The lowest BCUT2D eigenvalue weighted by Crippen LogP contribution is -2.39. The fourth-order valence-corrected chi connectivity index (χ4v) is 3.00. The van der Waals surface area contributed by atoms with Crippen molar-refractivity contribution in [3.8, 4) is 5.75 Å². The maximum atomic E-state index is 13.2. The molecule has 1 aliphatic rings. The number of halogens is 1. The largest absolute Gasteiger partial charge is 0.490 e. The van der Waals surface area contributed by atoms with Crippen LogP contribution in [0.2, 0.25) is 0 Å². The van der Waals surface area contributed by atoms with Crippen molar-refractivity contribution in [1.82, 2.24) is 9.88 Å². The van der Waals surface area contributed by atoms with Crippen LogP contribution in [-0.2, 0) is 6.54 Å². The van der Waals surface area contributed by atoms with E-state index in [-0.39, 0.29) is 12.4 Å². The van der Waals surface area contributed by atoms with Gasteiger partial charge >= 0.3 is 0 Å². The SMILES string of the molecule is CNc1ncccc1CN1CC[C@](O)(COc2cccc(F)c2)C1. The van der Waals surface area contributed by atoms with Gasteiger partial charge in [0.1, 0.15) is 29.6 Å². The second-order valence-electron chi connectivity index (χ2n) is 6.19. The van der Waals surface area contributed by atoms with Crippen molar-refractivity contribution in [2.24, 2.45) is 0 Å². The van der Waals surface area contributed by atoms with Crippen LogP contribution in [-0.4, -0.2) is 47.3 Å². The molecule has 0 spiro atoms. The van der Waals surface area contributed by atoms with Crippen LogP contribution in [0.4, 0.5) is 10.2 Å². The summed E-state index contributed by atoms with van der Waals surface area (Å²) in [6.07, 6.45) is 2.37. The van der Waals surface area contributed by atoms with Gasteiger partial charge in [0.25, 0.3) is 0 Å². The van der Waals surface area contributed by atoms with E-state index in [4.69, 9.17) is 4.74 Å². The highest BCUT2D eigenvalue weighted by Crippen LogP contribution is 2.25. The molecule has 0 radical (unpaired) electrons. The number of rotatable bonds is 6. The van der Waals surface area contributed by atoms with E-state index in [0.29, 0.717) is 25.3 Å². The zero-order valence-electron chi connectivity index (χ0n) is 13.7. The second-order valence-corrected chi connectivity index (χ2v) is 6.19. The van der Waals surface area contributed by atoms with Gasteiger partial charge in [-0.3, -0.25) is 4.90 Å². The number of hydrogen-bond donors (Lipinski definition) is 2. The van der Waals surface area contributed by atoms with Crippen molar-refractivity contribution in [2.75, 3.05) is 32.1 Å². The number of ether oxygens (including phenoxy) is 1. The Bertz CT molecular complexity index is 697. The molecule has 0 aliphatic carbocycles. The van der Waals surface area contributed by atoms with Crippen LogP contribution in [0, 0.1) is 5.82 Å². The number of likely N-dealkylation sites (tertiary alicyclic amines) is 1. The highest BCUT2D eigenvalue weighted by atomic mass is 19.1. The summed E-state index contributed by atoms with van der Waals surface area (Å²) >= 11 is 0. The minimum atomic E-state index is -0.922. The summed E-state index contributed by atoms with van der Waals surface area (Å²) < 4.78 is 18.8. The summed E-state index contributed by atoms with van der Waals surface area (Å²) in [6, 6.07) is 9.91. The van der Waals surface area contributed by atoms with Crippen molar-refractivity contribution >= 4 is 5.82 Å². The van der Waals surface area contributed by atoms with Gasteiger partial charge in [-0.05, 0) is 24.6 Å². The average Bonchev–Trinajstić information content (AvgIpc) is 2.95. The fourth-order valence-electron chi connectivity index (χ4n) is 3.00. The van der Waals surface area contributed by atoms with E-state index < -0.39 is 5.60 Å². The number of hydrogen-bond acceptors (Lipinski definition) is 5. The van der Waals surface area contributed by atoms with E-state index in [0.717, 1.165) is 17.9 Å². The van der Waals surface area contributed by atoms with Crippen molar-refractivity contribution in [1.29, 1.82) is 0 Å². The van der Waals surface area contributed by atoms with Gasteiger partial charge in [0, 0.05) is 44.5 Å². The van der Waals surface area contributed by atoms with Gasteiger partial charge in [0.05, 0.1) is 0 Å². The van der Waals surface area contributed by atoms with Gasteiger partial charge in [-0.25, -0.2) is 9.37 Å². The molecule has 1 aromatic carbocycles. The van der Waals surface area contributed by atoms with E-state index in [9.17, 15) is 9.50 Å². The van der Waals surface area contributed by atoms with Gasteiger partial charge in [-0.15, -0.1) is 0 Å². The third-order valence-electron chi connectivity index (χ3n) is 4.24. The zero-order chi connectivity index (χ0) is 17.0. The number of aliphatic hydroxyl groups is 1. The number of nitrogens with one attached hydrogen (secondary N) is 1. The Morgan fingerprint density at radius 1 is 1.38 bits per heavy atom. The van der Waals surface area contributed by atoms with E-state index in [1.165, 1.54) is 12.1 Å². The predicted octanol–water partition coefficient (Wildman–Crippen LogP) is 2.28. The number of anilines is 1. The molecule has 1 saturated heterocycles. The van der Waals surface area contributed by atoms with Crippen LogP contribution in [0.25, 0.3) is 0 Å². The summed E-state index contributed by atoms with van der Waals surface area (Å²) in [4.78, 5) is 6.47. The lowest BCUT2D eigenvalue weighted by Gasteiger charge is -2.24. The van der Waals surface area contributed by atoms with Gasteiger partial charge in [-0.2, -0.15) is 0 Å². The Morgan fingerprint density at radius 3 is 3.04 bits per heavy atom. The number of β-amino-alcohol motifs (C(OH)–C–C–N with tert-alkyl or cyclic N) is 1. The molecule has 1 fully saturated rings. The number of aromatic nitrogens is 1. The molecule has 0 bridgehead atoms. The smallest absolute Gasteiger partial charge is 0.130 e. The summed E-state index contributed by atoms with van der Waals surface area (Å²) in [5, 5.41) is 13.8. The maximum absolute atomic E-state index is 13.2. The van der Waals surface area contributed by atoms with E-state index in [1.807, 2.05) is 19.2 Å². The summed E-state index contributed by atoms with van der Waals surface area (Å²) in [5.74, 6) is 0.944. The minimum Gasteiger partial charge on any atom is -0.490 e. The molecule has 0 amide bonds. The highest BCUT2D eigenvalue weighted by molar-refractivity contribution is 5.42. The molecule has 128 valence electrons. The lowest BCUT2D eigenvalue weighted by atomic mass is 10.1. The normalized spacial score (nSPS) is 21.0. The number of benzene rings is 1. The van der Waals surface area contributed by atoms with Crippen LogP contribution in [0.5, 0.6) is 5.75 Å². The third kappa shape index (κ3) is 4.01. The van der Waals surface area contributed by atoms with Gasteiger partial charge in [-0.1, -0.05) is 12.1 Å². The molecule has 1 aliphatic heterocycles. The molecule has 2 N–H and O–H groups in total. The van der Waals surface area contributed by atoms with Crippen molar-refractivity contribution in [3.05, 3.63) is 54.0 Å². The van der Waals surface area contributed by atoms with Crippen LogP contribution >= 0.6 is 0 Å². The summed E-state index contributed by atoms with van der Waals surface area (Å²) in [7, 11) is 1.85. The van der Waals surface area contributed by atoms with E-state index >= 15 is 0 Å². The van der Waals surface area contributed by atoms with Gasteiger partial charge in [0.2, 0.25) is 0 Å². The molecular weight excluding hydrogens is 309 g/mol. The van der Waals surface area contributed by atoms with E-state index in [1.54, 1.807) is 18.3 Å². The zero-order valence-corrected chi connectivity index (χ0v) is 13.7. The Labute approximate surface area is 141 Å². The molecule has 1 aromatic heterocycles. The topological polar surface area (TPSA) is 57.6 Å². The van der Waals surface area contributed by atoms with Crippen molar-refractivity contribution in [2.45, 2.75) is 18.6 Å². The molecule has 6 heteroatoms. The predicted molar refractivity (Wildman–Crippen MR) is 90.5 cm³/mol. The Kier molecular flexibility index (Phi) is 4.97. The molecule has 2 aromatic rings. The standard InChI is InChI=1S/C18H22FN3O2/c1-20-17-14(4-3-8-21-17)11-22-9-7-18(23,12-22)13-24-16-6-2-5-15(19)10-16/h2-6,8,10,23H,7,9,11-13H2,1H3,(H,20,21)/t18-/m1/s1. The fraction of sp³-hybridized carbons (Fsp3) is 0.389. The van der Waals surface area contributed by atoms with E-state index in [2.05, 4.69) is 15.2 Å². The highest BCUT2D eigenvalue weighted by Gasteiger charge is 2.37. The molecule has 24 heavy (non-hydrogen) atoms. The first kappa shape index (κ1) is 16.7. The first-order valence-corrected chi connectivity index (χ1v) is 8.03. The minimum absolute atomic E-state index is 0.152. The van der Waals surface area contributed by atoms with Crippen LogP contribution in [0.15, 0.2) is 42.6 Å². The first-order valence-electron chi connectivity index (χ1n) is 8.03. The van der Waals surface area contributed by atoms with Crippen LogP contribution in [0.1, 0.15) is 12.0 Å². The number of nitrogens with zero attached hydrogens (tertiary/aromatic N) is 2. The molecule has 1 atom stereocenters. The summed E-state index contributed by atoms with van der Waals surface area (Å²) in [6.45, 7) is 2.16. The molecule has 0 saturated carbocycles. The Morgan fingerprint density at radius 2 is 2.25 bits per heavy atom. The average molecular weight is 331 g/mol. The quantitative estimate of drug-likeness (QED) is 0.850.